The van der Waals surface area contributed by atoms with Crippen molar-refractivity contribution >= 4 is 34.7 Å². The predicted molar refractivity (Wildman–Crippen MR) is 92.8 cm³/mol. The quantitative estimate of drug-likeness (QED) is 0.862. The number of anilines is 3. The maximum atomic E-state index is 12.0. The molecule has 0 aliphatic carbocycles. The third kappa shape index (κ3) is 4.18. The highest BCUT2D eigenvalue weighted by Gasteiger charge is 2.16. The Morgan fingerprint density at radius 1 is 1.33 bits per heavy atom. The molecule has 1 aromatic heterocycles. The first kappa shape index (κ1) is 16.6. The summed E-state index contributed by atoms with van der Waals surface area (Å²) >= 11 is 6.10. The normalized spacial score (nSPS) is 14.5. The molecule has 1 saturated heterocycles. The van der Waals surface area contributed by atoms with Gasteiger partial charge in [-0.2, -0.15) is 0 Å². The number of benzene rings is 1. The van der Waals surface area contributed by atoms with E-state index in [2.05, 4.69) is 20.7 Å². The first-order valence-electron chi connectivity index (χ1n) is 7.71. The lowest BCUT2D eigenvalue weighted by Crippen LogP contribution is -2.36. The van der Waals surface area contributed by atoms with Crippen molar-refractivity contribution in [1.82, 2.24) is 5.16 Å². The molecule has 8 heteroatoms. The Balaban J connectivity index is 1.65. The van der Waals surface area contributed by atoms with Gasteiger partial charge in [-0.1, -0.05) is 16.8 Å². The number of ether oxygens (including phenoxy) is 1. The van der Waals surface area contributed by atoms with Crippen LogP contribution in [0.25, 0.3) is 0 Å². The molecule has 2 N–H and O–H groups in total. The molecular weight excluding hydrogens is 332 g/mol. The zero-order valence-corrected chi connectivity index (χ0v) is 14.1. The van der Waals surface area contributed by atoms with Crippen molar-refractivity contribution in [2.24, 2.45) is 0 Å². The summed E-state index contributed by atoms with van der Waals surface area (Å²) in [5, 5.41) is 10.2. The third-order valence-electron chi connectivity index (χ3n) is 3.65. The number of halogens is 1. The monoisotopic (exact) mass is 350 g/mol. The highest BCUT2D eigenvalue weighted by molar-refractivity contribution is 6.31. The van der Waals surface area contributed by atoms with E-state index in [-0.39, 0.29) is 12.5 Å². The van der Waals surface area contributed by atoms with Gasteiger partial charge in [0, 0.05) is 24.2 Å². The van der Waals surface area contributed by atoms with Crippen LogP contribution in [0.1, 0.15) is 5.76 Å². The zero-order valence-electron chi connectivity index (χ0n) is 13.3. The van der Waals surface area contributed by atoms with Crippen LogP contribution in [-0.4, -0.2) is 43.9 Å². The van der Waals surface area contributed by atoms with Crippen molar-refractivity contribution in [3.05, 3.63) is 35.0 Å². The maximum Gasteiger partial charge on any atom is 0.244 e. The van der Waals surface area contributed by atoms with Gasteiger partial charge in [0.1, 0.15) is 5.76 Å². The first-order valence-corrected chi connectivity index (χ1v) is 8.09. The highest BCUT2D eigenvalue weighted by Crippen LogP contribution is 2.29. The van der Waals surface area contributed by atoms with E-state index < -0.39 is 0 Å². The summed E-state index contributed by atoms with van der Waals surface area (Å²) in [7, 11) is 0. The van der Waals surface area contributed by atoms with Crippen molar-refractivity contribution in [1.29, 1.82) is 0 Å². The number of carbonyl (C=O) groups excluding carboxylic acids is 1. The number of carbonyl (C=O) groups is 1. The number of hydrogen-bond donors (Lipinski definition) is 2. The number of hydrogen-bond acceptors (Lipinski definition) is 6. The molecule has 0 spiro atoms. The smallest absolute Gasteiger partial charge is 0.244 e. The van der Waals surface area contributed by atoms with Gasteiger partial charge in [-0.05, 0) is 25.1 Å². The first-order chi connectivity index (χ1) is 11.6. The predicted octanol–water partition coefficient (Wildman–Crippen LogP) is 2.52. The molecule has 0 saturated carbocycles. The van der Waals surface area contributed by atoms with Gasteiger partial charge >= 0.3 is 0 Å². The molecule has 2 heterocycles. The van der Waals surface area contributed by atoms with Crippen LogP contribution < -0.4 is 15.5 Å². The van der Waals surface area contributed by atoms with E-state index in [0.717, 1.165) is 24.5 Å². The second kappa shape index (κ2) is 7.55. The van der Waals surface area contributed by atoms with E-state index in [1.54, 1.807) is 13.0 Å². The third-order valence-corrected chi connectivity index (χ3v) is 3.88. The van der Waals surface area contributed by atoms with Crippen LogP contribution in [0.15, 0.2) is 28.8 Å². The van der Waals surface area contributed by atoms with Crippen LogP contribution >= 0.6 is 11.6 Å². The summed E-state index contributed by atoms with van der Waals surface area (Å²) in [4.78, 5) is 14.3. The van der Waals surface area contributed by atoms with Crippen LogP contribution in [0.4, 0.5) is 17.2 Å². The number of nitrogens with zero attached hydrogens (tertiary/aromatic N) is 2. The van der Waals surface area contributed by atoms with E-state index in [0.29, 0.717) is 29.8 Å². The Bertz CT molecular complexity index is 713. The van der Waals surface area contributed by atoms with Gasteiger partial charge in [0.25, 0.3) is 0 Å². The zero-order chi connectivity index (χ0) is 16.9. The molecule has 1 amide bonds. The summed E-state index contributed by atoms with van der Waals surface area (Å²) in [6, 6.07) is 7.28. The molecule has 2 aromatic rings. The second-order valence-corrected chi connectivity index (χ2v) is 5.92. The van der Waals surface area contributed by atoms with Crippen molar-refractivity contribution in [2.75, 3.05) is 48.4 Å². The molecule has 0 radical (unpaired) electrons. The van der Waals surface area contributed by atoms with Crippen LogP contribution in [0.5, 0.6) is 0 Å². The largest absolute Gasteiger partial charge is 0.378 e. The van der Waals surface area contributed by atoms with Gasteiger partial charge in [0.15, 0.2) is 5.82 Å². The average Bonchev–Trinajstić information content (AvgIpc) is 2.99. The Morgan fingerprint density at radius 2 is 2.12 bits per heavy atom. The van der Waals surface area contributed by atoms with E-state index in [4.69, 9.17) is 20.9 Å². The molecule has 1 aromatic carbocycles. The van der Waals surface area contributed by atoms with Gasteiger partial charge in [-0.3, -0.25) is 4.79 Å². The molecule has 24 heavy (non-hydrogen) atoms. The molecule has 1 aliphatic rings. The highest BCUT2D eigenvalue weighted by atomic mass is 35.5. The lowest BCUT2D eigenvalue weighted by molar-refractivity contribution is -0.114. The number of amides is 1. The summed E-state index contributed by atoms with van der Waals surface area (Å²) in [6.45, 7) is 4.86. The van der Waals surface area contributed by atoms with Crippen LogP contribution in [0.3, 0.4) is 0 Å². The Morgan fingerprint density at radius 3 is 2.83 bits per heavy atom. The fraction of sp³-hybridized carbons (Fsp3) is 0.375. The van der Waals surface area contributed by atoms with E-state index in [9.17, 15) is 4.79 Å². The second-order valence-electron chi connectivity index (χ2n) is 5.49. The van der Waals surface area contributed by atoms with E-state index in [1.807, 2.05) is 18.2 Å². The van der Waals surface area contributed by atoms with Crippen LogP contribution in [0, 0.1) is 6.92 Å². The van der Waals surface area contributed by atoms with Crippen LogP contribution in [0.2, 0.25) is 5.02 Å². The summed E-state index contributed by atoms with van der Waals surface area (Å²) in [5.41, 5.74) is 1.82. The van der Waals surface area contributed by atoms with Crippen molar-refractivity contribution in [2.45, 2.75) is 6.92 Å². The van der Waals surface area contributed by atoms with Crippen molar-refractivity contribution < 1.29 is 14.1 Å². The molecule has 0 unspecified atom stereocenters. The van der Waals surface area contributed by atoms with Crippen molar-refractivity contribution in [3.8, 4) is 0 Å². The molecule has 3 rings (SSSR count). The summed E-state index contributed by atoms with van der Waals surface area (Å²) < 4.78 is 10.3. The lowest BCUT2D eigenvalue weighted by atomic mass is 10.2. The fourth-order valence-corrected chi connectivity index (χ4v) is 2.69. The molecule has 1 aliphatic heterocycles. The molecule has 1 fully saturated rings. The maximum absolute atomic E-state index is 12.0. The molecule has 128 valence electrons. The molecule has 7 nitrogen and oxygen atoms in total. The van der Waals surface area contributed by atoms with Crippen LogP contribution in [-0.2, 0) is 9.53 Å². The molecular formula is C16H19ClN4O3. The molecule has 0 atom stereocenters. The standard InChI is InChI=1S/C16H19ClN4O3/c1-11-8-15(20-24-11)19-16(22)10-18-13-9-12(17)2-3-14(13)21-4-6-23-7-5-21/h2-3,8-9,18H,4-7,10H2,1H3,(H,19,20,22). The Hall–Kier alpha value is -2.25. The SMILES string of the molecule is Cc1cc(NC(=O)CNc2cc(Cl)ccc2N2CCOCC2)no1. The Labute approximate surface area is 144 Å². The van der Waals surface area contributed by atoms with Gasteiger partial charge in [-0.15, -0.1) is 0 Å². The Kier molecular flexibility index (Phi) is 5.22. The van der Waals surface area contributed by atoms with Crippen molar-refractivity contribution in [3.63, 3.8) is 0 Å². The average molecular weight is 351 g/mol. The minimum Gasteiger partial charge on any atom is -0.378 e. The molecule has 0 bridgehead atoms. The van der Waals surface area contributed by atoms with E-state index in [1.165, 1.54) is 0 Å². The minimum atomic E-state index is -0.212. The number of aromatic nitrogens is 1. The fourth-order valence-electron chi connectivity index (χ4n) is 2.52. The summed E-state index contributed by atoms with van der Waals surface area (Å²) in [6.07, 6.45) is 0. The lowest BCUT2D eigenvalue weighted by Gasteiger charge is -2.30. The topological polar surface area (TPSA) is 79.6 Å². The minimum absolute atomic E-state index is 0.101. The number of rotatable bonds is 5. The number of nitrogens with one attached hydrogen (secondary N) is 2. The van der Waals surface area contributed by atoms with E-state index >= 15 is 0 Å². The summed E-state index contributed by atoms with van der Waals surface area (Å²) in [5.74, 6) is 0.831. The van der Waals surface area contributed by atoms with Gasteiger partial charge in [0.2, 0.25) is 5.91 Å². The van der Waals surface area contributed by atoms with Gasteiger partial charge in [0.05, 0.1) is 31.1 Å². The van der Waals surface area contributed by atoms with Gasteiger partial charge < -0.3 is 24.8 Å². The number of aryl methyl sites for hydroxylation is 1. The van der Waals surface area contributed by atoms with Gasteiger partial charge in [-0.25, -0.2) is 0 Å². The number of morpholine rings is 1.